The summed E-state index contributed by atoms with van der Waals surface area (Å²) >= 11 is 0. The van der Waals surface area contributed by atoms with Crippen LogP contribution in [0.15, 0.2) is 24.3 Å². The second kappa shape index (κ2) is 5.90. The third kappa shape index (κ3) is 3.92. The molecular weight excluding hydrogens is 266 g/mol. The zero-order chi connectivity index (χ0) is 13.9. The van der Waals surface area contributed by atoms with Gasteiger partial charge in [0.25, 0.3) is 0 Å². The molecule has 106 valence electrons. The van der Waals surface area contributed by atoms with Crippen molar-refractivity contribution < 1.29 is 17.9 Å². The largest absolute Gasteiger partial charge is 0.497 e. The van der Waals surface area contributed by atoms with E-state index in [1.54, 1.807) is 7.11 Å². The van der Waals surface area contributed by atoms with E-state index in [2.05, 4.69) is 0 Å². The Kier molecular flexibility index (Phi) is 4.44. The lowest BCUT2D eigenvalue weighted by Gasteiger charge is -2.31. The minimum Gasteiger partial charge on any atom is -0.497 e. The number of benzene rings is 1. The maximum absolute atomic E-state index is 11.5. The normalized spacial score (nSPS) is 21.3. The molecule has 1 saturated heterocycles. The molecule has 0 N–H and O–H groups in total. The molecule has 1 aliphatic heterocycles. The molecule has 0 radical (unpaired) electrons. The molecule has 0 bridgehead atoms. The molecule has 5 nitrogen and oxygen atoms in total. The van der Waals surface area contributed by atoms with Crippen LogP contribution in [0.5, 0.6) is 5.75 Å². The van der Waals surface area contributed by atoms with E-state index in [-0.39, 0.29) is 6.10 Å². The molecule has 1 atom stereocenters. The Bertz CT molecular complexity index is 512. The summed E-state index contributed by atoms with van der Waals surface area (Å²) in [4.78, 5) is 0. The van der Waals surface area contributed by atoms with E-state index in [0.717, 1.165) is 11.3 Å². The van der Waals surface area contributed by atoms with Crippen LogP contribution < -0.4 is 4.74 Å². The Morgan fingerprint density at radius 1 is 1.37 bits per heavy atom. The molecule has 2 rings (SSSR count). The summed E-state index contributed by atoms with van der Waals surface area (Å²) in [7, 11) is -1.50. The van der Waals surface area contributed by atoms with Crippen molar-refractivity contribution in [3.8, 4) is 5.75 Å². The van der Waals surface area contributed by atoms with E-state index in [1.807, 2.05) is 24.3 Å². The van der Waals surface area contributed by atoms with Gasteiger partial charge in [0, 0.05) is 13.1 Å². The van der Waals surface area contributed by atoms with E-state index in [0.29, 0.717) is 26.1 Å². The van der Waals surface area contributed by atoms with Crippen molar-refractivity contribution >= 4 is 10.0 Å². The van der Waals surface area contributed by atoms with Crippen LogP contribution >= 0.6 is 0 Å². The predicted molar refractivity (Wildman–Crippen MR) is 72.9 cm³/mol. The molecule has 6 heteroatoms. The molecule has 0 aliphatic carbocycles. The number of methoxy groups -OCH3 is 1. The van der Waals surface area contributed by atoms with Gasteiger partial charge in [-0.3, -0.25) is 0 Å². The smallest absolute Gasteiger partial charge is 0.211 e. The summed E-state index contributed by atoms with van der Waals surface area (Å²) in [5.41, 5.74) is 1.11. The van der Waals surface area contributed by atoms with Gasteiger partial charge >= 0.3 is 0 Å². The zero-order valence-electron chi connectivity index (χ0n) is 11.2. The van der Waals surface area contributed by atoms with Crippen LogP contribution in [-0.2, 0) is 21.2 Å². The van der Waals surface area contributed by atoms with Crippen molar-refractivity contribution in [1.29, 1.82) is 0 Å². The minimum atomic E-state index is -3.13. The number of rotatable bonds is 4. The highest BCUT2D eigenvalue weighted by Crippen LogP contribution is 2.16. The van der Waals surface area contributed by atoms with Crippen molar-refractivity contribution in [2.24, 2.45) is 0 Å². The quantitative estimate of drug-likeness (QED) is 0.825. The van der Waals surface area contributed by atoms with Crippen LogP contribution in [0.25, 0.3) is 0 Å². The van der Waals surface area contributed by atoms with Crippen LogP contribution in [-0.4, -0.2) is 51.9 Å². The molecule has 1 fully saturated rings. The van der Waals surface area contributed by atoms with E-state index in [1.165, 1.54) is 10.6 Å². The van der Waals surface area contributed by atoms with Crippen LogP contribution in [0.3, 0.4) is 0 Å². The number of morpholine rings is 1. The summed E-state index contributed by atoms with van der Waals surface area (Å²) in [6.07, 6.45) is 1.86. The monoisotopic (exact) mass is 285 g/mol. The highest BCUT2D eigenvalue weighted by Gasteiger charge is 2.26. The molecule has 0 amide bonds. The number of nitrogens with zero attached hydrogens (tertiary/aromatic N) is 1. The Morgan fingerprint density at radius 3 is 2.63 bits per heavy atom. The molecule has 0 aromatic heterocycles. The fourth-order valence-corrected chi connectivity index (χ4v) is 2.98. The molecule has 0 spiro atoms. The molecule has 19 heavy (non-hydrogen) atoms. The standard InChI is InChI=1S/C13H19NO4S/c1-17-12-5-3-11(4-6-12)9-13-10-14(7-8-18-13)19(2,15)16/h3-6,13H,7-10H2,1-2H3. The van der Waals surface area contributed by atoms with Crippen LogP contribution in [0.2, 0.25) is 0 Å². The lowest BCUT2D eigenvalue weighted by molar-refractivity contribution is -0.000291. The number of sulfonamides is 1. The zero-order valence-corrected chi connectivity index (χ0v) is 12.0. The molecule has 1 aromatic carbocycles. The maximum atomic E-state index is 11.5. The van der Waals surface area contributed by atoms with Gasteiger partial charge in [0.2, 0.25) is 10.0 Å². The lowest BCUT2D eigenvalue weighted by Crippen LogP contribution is -2.45. The van der Waals surface area contributed by atoms with Crippen molar-refractivity contribution in [3.63, 3.8) is 0 Å². The van der Waals surface area contributed by atoms with E-state index in [9.17, 15) is 8.42 Å². The summed E-state index contributed by atoms with van der Waals surface area (Å²) in [5, 5.41) is 0. The maximum Gasteiger partial charge on any atom is 0.211 e. The third-order valence-electron chi connectivity index (χ3n) is 3.19. The summed E-state index contributed by atoms with van der Waals surface area (Å²) in [6, 6.07) is 7.74. The number of hydrogen-bond donors (Lipinski definition) is 0. The molecule has 1 heterocycles. The fourth-order valence-electron chi connectivity index (χ4n) is 2.14. The van der Waals surface area contributed by atoms with E-state index in [4.69, 9.17) is 9.47 Å². The van der Waals surface area contributed by atoms with Gasteiger partial charge in [-0.15, -0.1) is 0 Å². The molecule has 1 unspecified atom stereocenters. The fraction of sp³-hybridized carbons (Fsp3) is 0.538. The number of ether oxygens (including phenoxy) is 2. The minimum absolute atomic E-state index is 0.0862. The molecule has 1 aliphatic rings. The van der Waals surface area contributed by atoms with Gasteiger partial charge in [0.15, 0.2) is 0 Å². The van der Waals surface area contributed by atoms with Gasteiger partial charge in [-0.2, -0.15) is 4.31 Å². The van der Waals surface area contributed by atoms with Gasteiger partial charge in [-0.1, -0.05) is 12.1 Å². The molecule has 1 aromatic rings. The summed E-state index contributed by atoms with van der Waals surface area (Å²) in [6.45, 7) is 1.32. The highest BCUT2D eigenvalue weighted by molar-refractivity contribution is 7.88. The Morgan fingerprint density at radius 2 is 2.05 bits per heavy atom. The van der Waals surface area contributed by atoms with Gasteiger partial charge in [-0.25, -0.2) is 8.42 Å². The summed E-state index contributed by atoms with van der Waals surface area (Å²) in [5.74, 6) is 0.811. The van der Waals surface area contributed by atoms with E-state index < -0.39 is 10.0 Å². The van der Waals surface area contributed by atoms with Crippen molar-refractivity contribution in [3.05, 3.63) is 29.8 Å². The lowest BCUT2D eigenvalue weighted by atomic mass is 10.1. The second-order valence-electron chi connectivity index (χ2n) is 4.67. The van der Waals surface area contributed by atoms with Crippen molar-refractivity contribution in [2.45, 2.75) is 12.5 Å². The number of hydrogen-bond acceptors (Lipinski definition) is 4. The van der Waals surface area contributed by atoms with Gasteiger partial charge in [-0.05, 0) is 24.1 Å². The Labute approximate surface area is 114 Å². The SMILES string of the molecule is COc1ccc(CC2CN(S(C)(=O)=O)CCO2)cc1. The van der Waals surface area contributed by atoms with Crippen LogP contribution in [0.1, 0.15) is 5.56 Å². The Hall–Kier alpha value is -1.11. The Balaban J connectivity index is 1.98. The van der Waals surface area contributed by atoms with Crippen molar-refractivity contribution in [1.82, 2.24) is 4.31 Å². The summed E-state index contributed by atoms with van der Waals surface area (Å²) < 4.78 is 35.2. The molecular formula is C13H19NO4S. The highest BCUT2D eigenvalue weighted by atomic mass is 32.2. The van der Waals surface area contributed by atoms with Crippen molar-refractivity contribution in [2.75, 3.05) is 33.1 Å². The van der Waals surface area contributed by atoms with Gasteiger partial charge < -0.3 is 9.47 Å². The first-order chi connectivity index (χ1) is 8.99. The second-order valence-corrected chi connectivity index (χ2v) is 6.65. The van der Waals surface area contributed by atoms with E-state index >= 15 is 0 Å². The topological polar surface area (TPSA) is 55.8 Å². The molecule has 0 saturated carbocycles. The van der Waals surface area contributed by atoms with Gasteiger partial charge in [0.1, 0.15) is 5.75 Å². The van der Waals surface area contributed by atoms with Crippen LogP contribution in [0, 0.1) is 0 Å². The first-order valence-electron chi connectivity index (χ1n) is 6.18. The van der Waals surface area contributed by atoms with Crippen LogP contribution in [0.4, 0.5) is 0 Å². The average Bonchev–Trinajstić information content (AvgIpc) is 2.39. The average molecular weight is 285 g/mol. The first-order valence-corrected chi connectivity index (χ1v) is 8.03. The third-order valence-corrected chi connectivity index (χ3v) is 4.46. The first kappa shape index (κ1) is 14.3. The van der Waals surface area contributed by atoms with Gasteiger partial charge in [0.05, 0.1) is 26.1 Å². The predicted octanol–water partition coefficient (Wildman–Crippen LogP) is 0.898.